The van der Waals surface area contributed by atoms with E-state index in [0.717, 1.165) is 0 Å². The van der Waals surface area contributed by atoms with Crippen LogP contribution in [0.1, 0.15) is 0 Å². The second-order valence-corrected chi connectivity index (χ2v) is 3.49. The predicted molar refractivity (Wildman–Crippen MR) is 39.3 cm³/mol. The van der Waals surface area contributed by atoms with Crippen molar-refractivity contribution in [2.45, 2.75) is 17.4 Å². The molecule has 2 nitrogen and oxygen atoms in total. The molecule has 0 saturated carbocycles. The molecule has 0 aromatic heterocycles. The lowest BCUT2D eigenvalue weighted by molar-refractivity contribution is -0.0243. The van der Waals surface area contributed by atoms with Gasteiger partial charge in [-0.25, -0.2) is 8.78 Å². The molecule has 0 radical (unpaired) electrons. The molecule has 0 N–H and O–H groups in total. The summed E-state index contributed by atoms with van der Waals surface area (Å²) in [6.45, 7) is 0.437. The Morgan fingerprint density at radius 3 is 2.73 bits per heavy atom. The largest absolute Gasteiger partial charge is 0.377 e. The van der Waals surface area contributed by atoms with E-state index in [-0.39, 0.29) is 10.9 Å². The van der Waals surface area contributed by atoms with Crippen LogP contribution in [0.25, 0.3) is 0 Å². The quantitative estimate of drug-likeness (QED) is 0.684. The van der Waals surface area contributed by atoms with E-state index in [1.165, 1.54) is 0 Å². The summed E-state index contributed by atoms with van der Waals surface area (Å²) in [4.78, 5) is 0.0567. The number of alkyl halides is 3. The molecule has 2 atom stereocenters. The van der Waals surface area contributed by atoms with E-state index < -0.39 is 13.0 Å². The van der Waals surface area contributed by atoms with Crippen molar-refractivity contribution in [1.82, 2.24) is 0 Å². The lowest BCUT2D eigenvalue weighted by Gasteiger charge is -2.12. The molecular formula is C6H9BrF2O2. The van der Waals surface area contributed by atoms with Gasteiger partial charge in [0, 0.05) is 0 Å². The molecule has 66 valence electrons. The standard InChI is InChI=1S/C6H9BrF2O2/c7-4-1-10-2-5(4)11-3-6(8)9/h4-6H,1-3H2. The maximum Gasteiger partial charge on any atom is 0.261 e. The van der Waals surface area contributed by atoms with Crippen molar-refractivity contribution in [3.05, 3.63) is 0 Å². The maximum atomic E-state index is 11.6. The molecule has 1 aliphatic rings. The van der Waals surface area contributed by atoms with Gasteiger partial charge in [-0.2, -0.15) is 0 Å². The normalized spacial score (nSPS) is 31.6. The zero-order valence-corrected chi connectivity index (χ0v) is 7.39. The van der Waals surface area contributed by atoms with Crippen molar-refractivity contribution in [3.8, 4) is 0 Å². The minimum atomic E-state index is -2.39. The smallest absolute Gasteiger partial charge is 0.261 e. The fraction of sp³-hybridized carbons (Fsp3) is 1.00. The molecule has 0 aromatic rings. The van der Waals surface area contributed by atoms with Gasteiger partial charge in [0.15, 0.2) is 0 Å². The maximum absolute atomic E-state index is 11.6. The highest BCUT2D eigenvalue weighted by atomic mass is 79.9. The van der Waals surface area contributed by atoms with Gasteiger partial charge in [-0.1, -0.05) is 15.9 Å². The first-order valence-electron chi connectivity index (χ1n) is 3.31. The molecule has 11 heavy (non-hydrogen) atoms. The van der Waals surface area contributed by atoms with E-state index in [1.54, 1.807) is 0 Å². The van der Waals surface area contributed by atoms with Gasteiger partial charge in [-0.3, -0.25) is 0 Å². The molecule has 2 unspecified atom stereocenters. The summed E-state index contributed by atoms with van der Waals surface area (Å²) in [5.74, 6) is 0. The van der Waals surface area contributed by atoms with Crippen LogP contribution in [0, 0.1) is 0 Å². The van der Waals surface area contributed by atoms with E-state index in [1.807, 2.05) is 0 Å². The van der Waals surface area contributed by atoms with Gasteiger partial charge in [-0.15, -0.1) is 0 Å². The summed E-state index contributed by atoms with van der Waals surface area (Å²) >= 11 is 3.26. The summed E-state index contributed by atoms with van der Waals surface area (Å²) in [6, 6.07) is 0. The summed E-state index contributed by atoms with van der Waals surface area (Å²) in [5.41, 5.74) is 0. The Hall–Kier alpha value is 0.260. The van der Waals surface area contributed by atoms with Crippen LogP contribution in [-0.4, -0.2) is 37.2 Å². The van der Waals surface area contributed by atoms with Crippen LogP contribution in [0.3, 0.4) is 0 Å². The van der Waals surface area contributed by atoms with Crippen molar-refractivity contribution < 1.29 is 18.3 Å². The van der Waals surface area contributed by atoms with Crippen LogP contribution >= 0.6 is 15.9 Å². The van der Waals surface area contributed by atoms with E-state index in [9.17, 15) is 8.78 Å². The van der Waals surface area contributed by atoms with Crippen LogP contribution in [-0.2, 0) is 9.47 Å². The van der Waals surface area contributed by atoms with Gasteiger partial charge in [0.05, 0.1) is 24.1 Å². The van der Waals surface area contributed by atoms with Crippen molar-refractivity contribution in [1.29, 1.82) is 0 Å². The third-order valence-electron chi connectivity index (χ3n) is 1.40. The Morgan fingerprint density at radius 2 is 2.27 bits per heavy atom. The molecule has 1 saturated heterocycles. The molecule has 1 fully saturated rings. The monoisotopic (exact) mass is 230 g/mol. The second kappa shape index (κ2) is 4.33. The fourth-order valence-corrected chi connectivity index (χ4v) is 1.35. The molecule has 0 spiro atoms. The average Bonchev–Trinajstić information content (AvgIpc) is 2.31. The minimum absolute atomic E-state index is 0.0567. The molecule has 0 aliphatic carbocycles. The molecule has 5 heteroatoms. The van der Waals surface area contributed by atoms with Crippen molar-refractivity contribution in [3.63, 3.8) is 0 Å². The van der Waals surface area contributed by atoms with E-state index in [0.29, 0.717) is 13.2 Å². The molecule has 1 heterocycles. The Morgan fingerprint density at radius 1 is 1.55 bits per heavy atom. The lowest BCUT2D eigenvalue weighted by atomic mass is 10.3. The number of hydrogen-bond acceptors (Lipinski definition) is 2. The van der Waals surface area contributed by atoms with E-state index >= 15 is 0 Å². The van der Waals surface area contributed by atoms with Crippen LogP contribution in [0.4, 0.5) is 8.78 Å². The van der Waals surface area contributed by atoms with Crippen molar-refractivity contribution in [2.24, 2.45) is 0 Å². The highest BCUT2D eigenvalue weighted by Gasteiger charge is 2.27. The number of halogens is 3. The van der Waals surface area contributed by atoms with Crippen molar-refractivity contribution in [2.75, 3.05) is 19.8 Å². The Labute approximate surface area is 72.0 Å². The topological polar surface area (TPSA) is 18.5 Å². The minimum Gasteiger partial charge on any atom is -0.377 e. The van der Waals surface area contributed by atoms with Gasteiger partial charge in [-0.05, 0) is 0 Å². The van der Waals surface area contributed by atoms with Crippen molar-refractivity contribution >= 4 is 15.9 Å². The lowest BCUT2D eigenvalue weighted by Crippen LogP contribution is -2.24. The third kappa shape index (κ3) is 3.01. The molecule has 0 amide bonds. The number of rotatable bonds is 3. The Kier molecular flexibility index (Phi) is 3.68. The van der Waals surface area contributed by atoms with E-state index in [4.69, 9.17) is 9.47 Å². The fourth-order valence-electron chi connectivity index (χ4n) is 0.857. The molecule has 0 aromatic carbocycles. The summed E-state index contributed by atoms with van der Waals surface area (Å²) < 4.78 is 33.1. The van der Waals surface area contributed by atoms with Crippen LogP contribution < -0.4 is 0 Å². The van der Waals surface area contributed by atoms with Gasteiger partial charge < -0.3 is 9.47 Å². The highest BCUT2D eigenvalue weighted by molar-refractivity contribution is 9.09. The Balaban J connectivity index is 2.15. The van der Waals surface area contributed by atoms with Crippen LogP contribution in [0.2, 0.25) is 0 Å². The first-order valence-corrected chi connectivity index (χ1v) is 4.23. The summed E-state index contributed by atoms with van der Waals surface area (Å²) in [6.07, 6.45) is -2.61. The molecular weight excluding hydrogens is 222 g/mol. The SMILES string of the molecule is FC(F)COC1COCC1Br. The first kappa shape index (κ1) is 9.35. The zero-order chi connectivity index (χ0) is 8.27. The zero-order valence-electron chi connectivity index (χ0n) is 5.80. The molecule has 1 rings (SSSR count). The highest BCUT2D eigenvalue weighted by Crippen LogP contribution is 2.17. The average molecular weight is 231 g/mol. The van der Waals surface area contributed by atoms with Gasteiger partial charge in [0.1, 0.15) is 6.61 Å². The van der Waals surface area contributed by atoms with E-state index in [2.05, 4.69) is 15.9 Å². The van der Waals surface area contributed by atoms with Gasteiger partial charge in [0.25, 0.3) is 6.43 Å². The van der Waals surface area contributed by atoms with Gasteiger partial charge in [0.2, 0.25) is 0 Å². The Bertz CT molecular complexity index is 123. The van der Waals surface area contributed by atoms with Gasteiger partial charge >= 0.3 is 0 Å². The first-order chi connectivity index (χ1) is 5.20. The molecule has 0 bridgehead atoms. The predicted octanol–water partition coefficient (Wildman–Crippen LogP) is 1.43. The molecule has 1 aliphatic heterocycles. The number of hydrogen-bond donors (Lipinski definition) is 0. The summed E-state index contributed by atoms with van der Waals surface area (Å²) in [5, 5.41) is 0. The van der Waals surface area contributed by atoms with Crippen LogP contribution in [0.15, 0.2) is 0 Å². The second-order valence-electron chi connectivity index (χ2n) is 2.32. The van der Waals surface area contributed by atoms with Crippen LogP contribution in [0.5, 0.6) is 0 Å². The third-order valence-corrected chi connectivity index (χ3v) is 2.25. The number of ether oxygens (including phenoxy) is 2. The summed E-state index contributed by atoms with van der Waals surface area (Å²) in [7, 11) is 0.